The summed E-state index contributed by atoms with van der Waals surface area (Å²) in [7, 11) is 0. The Balaban J connectivity index is 2.78. The molecule has 0 aliphatic carbocycles. The molecule has 1 atom stereocenters. The van der Waals surface area contributed by atoms with Crippen LogP contribution in [0.25, 0.3) is 0 Å². The van der Waals surface area contributed by atoms with Crippen LogP contribution in [0.3, 0.4) is 0 Å². The molecule has 1 aromatic rings. The lowest BCUT2D eigenvalue weighted by molar-refractivity contribution is -0.206. The molecule has 0 aliphatic rings. The largest absolute Gasteiger partial charge is 0.426 e. The van der Waals surface area contributed by atoms with Crippen LogP contribution in [-0.2, 0) is 4.79 Å². The highest BCUT2D eigenvalue weighted by Gasteiger charge is 2.39. The Bertz CT molecular complexity index is 389. The second-order valence-electron chi connectivity index (χ2n) is 3.12. The number of hydrogen-bond donors (Lipinski definition) is 1. The zero-order valence-corrected chi connectivity index (χ0v) is 9.13. The van der Waals surface area contributed by atoms with E-state index in [1.165, 1.54) is 0 Å². The maximum absolute atomic E-state index is 12.1. The van der Waals surface area contributed by atoms with Crippen LogP contribution in [0.1, 0.15) is 11.7 Å². The first kappa shape index (κ1) is 13.8. The summed E-state index contributed by atoms with van der Waals surface area (Å²) >= 11 is 5.18. The molecule has 1 N–H and O–H groups in total. The molecule has 0 amide bonds. The first-order chi connectivity index (χ1) is 7.84. The lowest BCUT2D eigenvalue weighted by atomic mass is 10.1. The summed E-state index contributed by atoms with van der Waals surface area (Å²) in [6, 6.07) is 4.34. The first-order valence-electron chi connectivity index (χ1n) is 4.46. The molecule has 0 radical (unpaired) electrons. The number of esters is 1. The van der Waals surface area contributed by atoms with E-state index in [9.17, 15) is 18.0 Å². The molecule has 7 heteroatoms. The maximum atomic E-state index is 12.1. The molecule has 1 aromatic carbocycles. The predicted molar refractivity (Wildman–Crippen MR) is 53.8 cm³/mol. The molecular formula is C10H8ClF3O3. The number of ether oxygens (including phenoxy) is 1. The smallest absolute Gasteiger partial charge is 0.418 e. The molecule has 94 valence electrons. The third-order valence-electron chi connectivity index (χ3n) is 1.85. The standard InChI is InChI=1S/C10H8ClF3O3/c11-5-8(15)17-7-3-1-6(2-4-7)9(16)10(12,13)14/h1-4,9,16H,5H2. The number of rotatable bonds is 3. The summed E-state index contributed by atoms with van der Waals surface area (Å²) in [6.45, 7) is 0. The average molecular weight is 269 g/mol. The van der Waals surface area contributed by atoms with Crippen molar-refractivity contribution in [3.8, 4) is 5.75 Å². The molecule has 17 heavy (non-hydrogen) atoms. The molecule has 0 bridgehead atoms. The van der Waals surface area contributed by atoms with Crippen molar-refractivity contribution < 1.29 is 27.8 Å². The van der Waals surface area contributed by atoms with E-state index < -0.39 is 18.2 Å². The van der Waals surface area contributed by atoms with Gasteiger partial charge in [-0.25, -0.2) is 0 Å². The molecule has 0 saturated heterocycles. The van der Waals surface area contributed by atoms with Gasteiger partial charge in [0.2, 0.25) is 0 Å². The highest BCUT2D eigenvalue weighted by Crippen LogP contribution is 2.32. The van der Waals surface area contributed by atoms with Crippen molar-refractivity contribution in [3.05, 3.63) is 29.8 Å². The lowest BCUT2D eigenvalue weighted by Gasteiger charge is -2.14. The normalized spacial score (nSPS) is 13.2. The Kier molecular flexibility index (Phi) is 4.36. The number of hydrogen-bond acceptors (Lipinski definition) is 3. The Morgan fingerprint density at radius 2 is 1.88 bits per heavy atom. The van der Waals surface area contributed by atoms with Gasteiger partial charge in [0.15, 0.2) is 6.10 Å². The fourth-order valence-electron chi connectivity index (χ4n) is 1.07. The Hall–Kier alpha value is -1.27. The van der Waals surface area contributed by atoms with E-state index in [0.29, 0.717) is 0 Å². The SMILES string of the molecule is O=C(CCl)Oc1ccc(C(O)C(F)(F)F)cc1. The van der Waals surface area contributed by atoms with Crippen LogP contribution in [-0.4, -0.2) is 23.1 Å². The van der Waals surface area contributed by atoms with Crippen molar-refractivity contribution in [2.75, 3.05) is 5.88 Å². The number of aliphatic hydroxyl groups excluding tert-OH is 1. The molecule has 0 fully saturated rings. The number of carbonyl (C=O) groups is 1. The zero-order chi connectivity index (χ0) is 13.1. The van der Waals surface area contributed by atoms with Crippen molar-refractivity contribution in [2.45, 2.75) is 12.3 Å². The Morgan fingerprint density at radius 1 is 1.35 bits per heavy atom. The lowest BCUT2D eigenvalue weighted by Crippen LogP contribution is -2.20. The molecule has 1 unspecified atom stereocenters. The van der Waals surface area contributed by atoms with Crippen molar-refractivity contribution in [2.24, 2.45) is 0 Å². The summed E-state index contributed by atoms with van der Waals surface area (Å²) in [5.41, 5.74) is -0.330. The van der Waals surface area contributed by atoms with Gasteiger partial charge in [-0.2, -0.15) is 13.2 Å². The molecule has 0 heterocycles. The molecule has 0 spiro atoms. The molecule has 0 saturated carbocycles. The van der Waals surface area contributed by atoms with Crippen molar-refractivity contribution >= 4 is 17.6 Å². The van der Waals surface area contributed by atoms with Gasteiger partial charge in [-0.1, -0.05) is 12.1 Å². The summed E-state index contributed by atoms with van der Waals surface area (Å²) in [5, 5.41) is 8.92. The quantitative estimate of drug-likeness (QED) is 0.520. The molecule has 3 nitrogen and oxygen atoms in total. The van der Waals surface area contributed by atoms with Gasteiger partial charge in [0.25, 0.3) is 0 Å². The Labute approximate surface area is 99.8 Å². The number of carbonyl (C=O) groups excluding carboxylic acids is 1. The third kappa shape index (κ3) is 3.90. The summed E-state index contributed by atoms with van der Waals surface area (Å²) in [4.78, 5) is 10.8. The van der Waals surface area contributed by atoms with E-state index in [-0.39, 0.29) is 17.2 Å². The van der Waals surface area contributed by atoms with E-state index in [2.05, 4.69) is 4.74 Å². The number of benzene rings is 1. The number of alkyl halides is 4. The van der Waals surface area contributed by atoms with Crippen molar-refractivity contribution in [1.82, 2.24) is 0 Å². The maximum Gasteiger partial charge on any atom is 0.418 e. The van der Waals surface area contributed by atoms with Crippen LogP contribution in [0.4, 0.5) is 13.2 Å². The van der Waals surface area contributed by atoms with Crippen LogP contribution < -0.4 is 4.74 Å². The highest BCUT2D eigenvalue weighted by molar-refractivity contribution is 6.26. The van der Waals surface area contributed by atoms with Gasteiger partial charge in [0, 0.05) is 0 Å². The van der Waals surface area contributed by atoms with Gasteiger partial charge in [0.1, 0.15) is 11.6 Å². The van der Waals surface area contributed by atoms with Gasteiger partial charge in [-0.15, -0.1) is 11.6 Å². The van der Waals surface area contributed by atoms with Gasteiger partial charge < -0.3 is 9.84 Å². The molecule has 0 aromatic heterocycles. The average Bonchev–Trinajstić information content (AvgIpc) is 2.27. The summed E-state index contributed by atoms with van der Waals surface area (Å²) in [5.74, 6) is -1.00. The predicted octanol–water partition coefficient (Wildman–Crippen LogP) is 2.43. The Morgan fingerprint density at radius 3 is 2.29 bits per heavy atom. The van der Waals surface area contributed by atoms with Crippen molar-refractivity contribution in [3.63, 3.8) is 0 Å². The topological polar surface area (TPSA) is 46.5 Å². The van der Waals surface area contributed by atoms with Crippen LogP contribution in [0.15, 0.2) is 24.3 Å². The van der Waals surface area contributed by atoms with Crippen LogP contribution in [0, 0.1) is 0 Å². The highest BCUT2D eigenvalue weighted by atomic mass is 35.5. The second kappa shape index (κ2) is 5.37. The fourth-order valence-corrected chi connectivity index (χ4v) is 1.12. The zero-order valence-electron chi connectivity index (χ0n) is 8.37. The second-order valence-corrected chi connectivity index (χ2v) is 3.39. The van der Waals surface area contributed by atoms with E-state index in [1.807, 2.05) is 0 Å². The molecule has 1 rings (SSSR count). The van der Waals surface area contributed by atoms with E-state index in [1.54, 1.807) is 0 Å². The van der Waals surface area contributed by atoms with Crippen LogP contribution in [0.5, 0.6) is 5.75 Å². The van der Waals surface area contributed by atoms with Gasteiger partial charge in [0.05, 0.1) is 0 Å². The molecule has 0 aliphatic heterocycles. The van der Waals surface area contributed by atoms with E-state index in [4.69, 9.17) is 16.7 Å². The van der Waals surface area contributed by atoms with Crippen molar-refractivity contribution in [1.29, 1.82) is 0 Å². The van der Waals surface area contributed by atoms with Gasteiger partial charge in [-0.3, -0.25) is 4.79 Å². The minimum absolute atomic E-state index is 0.0637. The van der Waals surface area contributed by atoms with Crippen LogP contribution in [0.2, 0.25) is 0 Å². The van der Waals surface area contributed by atoms with Gasteiger partial charge >= 0.3 is 12.1 Å². The van der Waals surface area contributed by atoms with E-state index >= 15 is 0 Å². The molecular weight excluding hydrogens is 261 g/mol. The minimum atomic E-state index is -4.73. The number of halogens is 4. The van der Waals surface area contributed by atoms with E-state index in [0.717, 1.165) is 24.3 Å². The monoisotopic (exact) mass is 268 g/mol. The summed E-state index contributed by atoms with van der Waals surface area (Å²) in [6.07, 6.45) is -7.28. The third-order valence-corrected chi connectivity index (χ3v) is 2.06. The first-order valence-corrected chi connectivity index (χ1v) is 4.99. The summed E-state index contributed by atoms with van der Waals surface area (Å²) < 4.78 is 41.1. The number of aliphatic hydroxyl groups is 1. The fraction of sp³-hybridized carbons (Fsp3) is 0.300. The van der Waals surface area contributed by atoms with Crippen LogP contribution >= 0.6 is 11.6 Å². The van der Waals surface area contributed by atoms with Gasteiger partial charge in [-0.05, 0) is 17.7 Å². The minimum Gasteiger partial charge on any atom is -0.426 e.